The summed E-state index contributed by atoms with van der Waals surface area (Å²) in [5.41, 5.74) is 1.67. The van der Waals surface area contributed by atoms with E-state index in [4.69, 9.17) is 16.3 Å². The van der Waals surface area contributed by atoms with Crippen LogP contribution >= 0.6 is 11.6 Å². The summed E-state index contributed by atoms with van der Waals surface area (Å²) in [5.74, 6) is 1.27. The molecule has 3 heterocycles. The predicted molar refractivity (Wildman–Crippen MR) is 97.6 cm³/mol. The quantitative estimate of drug-likeness (QED) is 0.504. The number of aromatic nitrogens is 8. The fourth-order valence-electron chi connectivity index (χ4n) is 2.48. The van der Waals surface area contributed by atoms with Crippen molar-refractivity contribution in [2.75, 3.05) is 6.61 Å². The van der Waals surface area contributed by atoms with Crippen molar-refractivity contribution in [3.63, 3.8) is 0 Å². The Morgan fingerprint density at radius 2 is 1.93 bits per heavy atom. The molecule has 0 saturated heterocycles. The molecule has 0 fully saturated rings. The molecule has 0 bridgehead atoms. The molecule has 10 heteroatoms. The van der Waals surface area contributed by atoms with Gasteiger partial charge in [0.05, 0.1) is 12.3 Å². The van der Waals surface area contributed by atoms with Crippen LogP contribution in [-0.2, 0) is 13.5 Å². The number of benzene rings is 1. The van der Waals surface area contributed by atoms with Crippen molar-refractivity contribution in [2.24, 2.45) is 7.05 Å². The Bertz CT molecular complexity index is 1050. The maximum Gasteiger partial charge on any atom is 0.316 e. The van der Waals surface area contributed by atoms with Gasteiger partial charge >= 0.3 is 6.01 Å². The lowest BCUT2D eigenvalue weighted by atomic mass is 10.2. The van der Waals surface area contributed by atoms with Crippen LogP contribution in [0.1, 0.15) is 5.82 Å². The van der Waals surface area contributed by atoms with Crippen LogP contribution in [-0.4, -0.2) is 46.6 Å². The van der Waals surface area contributed by atoms with E-state index in [-0.39, 0.29) is 0 Å². The van der Waals surface area contributed by atoms with Gasteiger partial charge in [0.15, 0.2) is 11.6 Å². The van der Waals surface area contributed by atoms with E-state index in [1.165, 1.54) is 4.80 Å². The molecule has 0 atom stereocenters. The van der Waals surface area contributed by atoms with Gasteiger partial charge in [-0.1, -0.05) is 22.8 Å². The second kappa shape index (κ2) is 7.50. The van der Waals surface area contributed by atoms with Gasteiger partial charge in [0.25, 0.3) is 0 Å². The van der Waals surface area contributed by atoms with Crippen molar-refractivity contribution in [2.45, 2.75) is 6.42 Å². The van der Waals surface area contributed by atoms with Crippen molar-refractivity contribution in [3.8, 4) is 23.1 Å². The van der Waals surface area contributed by atoms with E-state index in [0.29, 0.717) is 35.7 Å². The topological polar surface area (TPSA) is 96.4 Å². The van der Waals surface area contributed by atoms with Crippen LogP contribution in [0.25, 0.3) is 17.1 Å². The molecule has 0 radical (unpaired) electrons. The minimum Gasteiger partial charge on any atom is -0.463 e. The van der Waals surface area contributed by atoms with Crippen LogP contribution in [0.2, 0.25) is 5.02 Å². The van der Waals surface area contributed by atoms with Crippen molar-refractivity contribution in [1.82, 2.24) is 40.0 Å². The summed E-state index contributed by atoms with van der Waals surface area (Å²) in [5, 5.41) is 21.3. The molecule has 0 amide bonds. The number of tetrazole rings is 1. The number of rotatable bonds is 6. The zero-order valence-corrected chi connectivity index (χ0v) is 15.2. The molecule has 9 nitrogen and oxygen atoms in total. The molecule has 0 aliphatic rings. The lowest BCUT2D eigenvalue weighted by molar-refractivity contribution is 0.283. The smallest absolute Gasteiger partial charge is 0.316 e. The van der Waals surface area contributed by atoms with Crippen LogP contribution in [0.3, 0.4) is 0 Å². The highest BCUT2D eigenvalue weighted by Crippen LogP contribution is 2.19. The fraction of sp³-hybridized carbons (Fsp3) is 0.176. The number of nitrogens with zero attached hydrogens (tertiary/aromatic N) is 8. The Balaban J connectivity index is 1.39. The van der Waals surface area contributed by atoms with E-state index in [9.17, 15) is 0 Å². The van der Waals surface area contributed by atoms with Crippen molar-refractivity contribution < 1.29 is 4.74 Å². The summed E-state index contributed by atoms with van der Waals surface area (Å²) >= 11 is 5.99. The molecular weight excluding hydrogens is 368 g/mol. The first-order valence-electron chi connectivity index (χ1n) is 8.18. The highest BCUT2D eigenvalue weighted by Gasteiger charge is 2.12. The van der Waals surface area contributed by atoms with Gasteiger partial charge in [0, 0.05) is 36.4 Å². The molecule has 4 aromatic rings. The van der Waals surface area contributed by atoms with Crippen LogP contribution in [0.5, 0.6) is 6.01 Å². The van der Waals surface area contributed by atoms with E-state index >= 15 is 0 Å². The first-order chi connectivity index (χ1) is 13.2. The van der Waals surface area contributed by atoms with E-state index in [0.717, 1.165) is 11.3 Å². The molecule has 0 unspecified atom stereocenters. The third-order valence-electron chi connectivity index (χ3n) is 3.82. The zero-order chi connectivity index (χ0) is 18.6. The van der Waals surface area contributed by atoms with Gasteiger partial charge in [-0.3, -0.25) is 9.55 Å². The molecule has 136 valence electrons. The van der Waals surface area contributed by atoms with Gasteiger partial charge in [0.2, 0.25) is 0 Å². The van der Waals surface area contributed by atoms with Gasteiger partial charge in [0.1, 0.15) is 0 Å². The molecule has 1 aromatic carbocycles. The highest BCUT2D eigenvalue weighted by molar-refractivity contribution is 6.30. The molecule has 0 spiro atoms. The highest BCUT2D eigenvalue weighted by atomic mass is 35.5. The summed E-state index contributed by atoms with van der Waals surface area (Å²) in [4.78, 5) is 5.44. The molecule has 27 heavy (non-hydrogen) atoms. The summed E-state index contributed by atoms with van der Waals surface area (Å²) < 4.78 is 7.50. The Morgan fingerprint density at radius 3 is 2.74 bits per heavy atom. The Labute approximate surface area is 159 Å². The van der Waals surface area contributed by atoms with Crippen molar-refractivity contribution in [1.29, 1.82) is 0 Å². The van der Waals surface area contributed by atoms with Crippen LogP contribution < -0.4 is 4.74 Å². The van der Waals surface area contributed by atoms with Crippen molar-refractivity contribution in [3.05, 3.63) is 59.6 Å². The first kappa shape index (κ1) is 17.1. The Hall–Kier alpha value is -3.33. The molecule has 0 aliphatic carbocycles. The van der Waals surface area contributed by atoms with Crippen LogP contribution in [0.4, 0.5) is 0 Å². The number of halogens is 1. The van der Waals surface area contributed by atoms with Gasteiger partial charge in [-0.2, -0.15) is 0 Å². The predicted octanol–water partition coefficient (Wildman–Crippen LogP) is 2.13. The van der Waals surface area contributed by atoms with Crippen LogP contribution in [0.15, 0.2) is 48.8 Å². The van der Waals surface area contributed by atoms with Gasteiger partial charge in [-0.15, -0.1) is 20.1 Å². The van der Waals surface area contributed by atoms with E-state index in [1.807, 2.05) is 31.3 Å². The second-order valence-corrected chi connectivity index (χ2v) is 6.11. The maximum atomic E-state index is 5.99. The van der Waals surface area contributed by atoms with E-state index in [1.54, 1.807) is 29.1 Å². The second-order valence-electron chi connectivity index (χ2n) is 5.67. The summed E-state index contributed by atoms with van der Waals surface area (Å²) in [6.07, 6.45) is 3.90. The number of hydrogen-bond acceptors (Lipinski definition) is 7. The standard InChI is InChI=1S/C17H15ClN8O/c1-25-16(12-5-8-19-9-6-12)21-22-17(25)27-10-7-15-20-24-26(23-15)14-4-2-3-13(18)11-14/h2-6,8-9,11H,7,10H2,1H3. The SMILES string of the molecule is Cn1c(OCCc2nnn(-c3cccc(Cl)c3)n2)nnc1-c1ccncc1. The number of hydrogen-bond donors (Lipinski definition) is 0. The minimum atomic E-state index is 0.351. The summed E-state index contributed by atoms with van der Waals surface area (Å²) in [6, 6.07) is 11.4. The van der Waals surface area contributed by atoms with Crippen molar-refractivity contribution >= 4 is 11.6 Å². The first-order valence-corrected chi connectivity index (χ1v) is 8.56. The fourth-order valence-corrected chi connectivity index (χ4v) is 2.66. The molecular formula is C17H15ClN8O. The molecule has 0 N–H and O–H groups in total. The van der Waals surface area contributed by atoms with Gasteiger partial charge in [-0.25, -0.2) is 0 Å². The Morgan fingerprint density at radius 1 is 1.07 bits per heavy atom. The van der Waals surface area contributed by atoms with Crippen LogP contribution in [0, 0.1) is 0 Å². The summed E-state index contributed by atoms with van der Waals surface area (Å²) in [6.45, 7) is 0.351. The average Bonchev–Trinajstić information content (AvgIpc) is 3.30. The molecule has 0 aliphatic heterocycles. The van der Waals surface area contributed by atoms with E-state index < -0.39 is 0 Å². The number of pyridine rings is 1. The summed E-state index contributed by atoms with van der Waals surface area (Å²) in [7, 11) is 1.85. The Kier molecular flexibility index (Phi) is 4.75. The average molecular weight is 383 g/mol. The zero-order valence-electron chi connectivity index (χ0n) is 14.4. The van der Waals surface area contributed by atoms with Gasteiger partial charge in [-0.05, 0) is 35.5 Å². The molecule has 0 saturated carbocycles. The third-order valence-corrected chi connectivity index (χ3v) is 4.06. The largest absolute Gasteiger partial charge is 0.463 e. The number of ether oxygens (including phenoxy) is 1. The lowest BCUT2D eigenvalue weighted by Crippen LogP contribution is -2.07. The van der Waals surface area contributed by atoms with E-state index in [2.05, 4.69) is 30.6 Å². The third kappa shape index (κ3) is 3.77. The lowest BCUT2D eigenvalue weighted by Gasteiger charge is -2.04. The maximum absolute atomic E-state index is 5.99. The molecule has 3 aromatic heterocycles. The molecule has 4 rings (SSSR count). The monoisotopic (exact) mass is 382 g/mol. The normalized spacial score (nSPS) is 10.9. The van der Waals surface area contributed by atoms with Gasteiger partial charge < -0.3 is 4.74 Å². The minimum absolute atomic E-state index is 0.351.